The maximum Gasteiger partial charge on any atom is 0.0745 e. The standard InChI is InChI=1S/C12H24O4/c1-3-6-14-7-4-8-15-9-5-10-16-11-12(2)13/h3,12-13H,1,4-11H2,2H3. The van der Waals surface area contributed by atoms with Gasteiger partial charge in [0.2, 0.25) is 0 Å². The van der Waals surface area contributed by atoms with Gasteiger partial charge in [0.1, 0.15) is 0 Å². The van der Waals surface area contributed by atoms with Crippen molar-refractivity contribution >= 4 is 0 Å². The van der Waals surface area contributed by atoms with E-state index < -0.39 is 0 Å². The van der Waals surface area contributed by atoms with Crippen molar-refractivity contribution in [2.24, 2.45) is 0 Å². The zero-order valence-corrected chi connectivity index (χ0v) is 10.2. The van der Waals surface area contributed by atoms with Crippen molar-refractivity contribution in [3.05, 3.63) is 12.7 Å². The summed E-state index contributed by atoms with van der Waals surface area (Å²) >= 11 is 0. The van der Waals surface area contributed by atoms with Crippen molar-refractivity contribution < 1.29 is 19.3 Å². The highest BCUT2D eigenvalue weighted by molar-refractivity contribution is 4.63. The molecule has 0 rings (SSSR count). The predicted octanol–water partition coefficient (Wildman–Crippen LogP) is 1.38. The van der Waals surface area contributed by atoms with Crippen LogP contribution < -0.4 is 0 Å². The molecule has 1 unspecified atom stereocenters. The van der Waals surface area contributed by atoms with Gasteiger partial charge in [0.05, 0.1) is 19.3 Å². The van der Waals surface area contributed by atoms with Crippen LogP contribution in [-0.4, -0.2) is 50.9 Å². The van der Waals surface area contributed by atoms with Gasteiger partial charge in [0, 0.05) is 26.4 Å². The summed E-state index contributed by atoms with van der Waals surface area (Å²) in [5.41, 5.74) is 0. The highest BCUT2D eigenvalue weighted by atomic mass is 16.5. The van der Waals surface area contributed by atoms with Crippen LogP contribution in [0.4, 0.5) is 0 Å². The van der Waals surface area contributed by atoms with E-state index in [-0.39, 0.29) is 6.10 Å². The summed E-state index contributed by atoms with van der Waals surface area (Å²) in [5.74, 6) is 0. The summed E-state index contributed by atoms with van der Waals surface area (Å²) in [4.78, 5) is 0. The molecule has 1 N–H and O–H groups in total. The maximum atomic E-state index is 8.92. The third-order valence-electron chi connectivity index (χ3n) is 1.75. The Bertz CT molecular complexity index is 148. The van der Waals surface area contributed by atoms with Crippen LogP contribution in [0.25, 0.3) is 0 Å². The number of rotatable bonds is 12. The second kappa shape index (κ2) is 12.6. The average Bonchev–Trinajstić information content (AvgIpc) is 2.25. The lowest BCUT2D eigenvalue weighted by atomic mass is 10.4. The van der Waals surface area contributed by atoms with Crippen molar-refractivity contribution in [2.45, 2.75) is 25.9 Å². The lowest BCUT2D eigenvalue weighted by Gasteiger charge is -2.07. The van der Waals surface area contributed by atoms with Gasteiger partial charge < -0.3 is 19.3 Å². The molecule has 96 valence electrons. The monoisotopic (exact) mass is 232 g/mol. The summed E-state index contributed by atoms with van der Waals surface area (Å²) in [6.45, 7) is 9.03. The fourth-order valence-corrected chi connectivity index (χ4v) is 1.05. The molecule has 0 fully saturated rings. The fraction of sp³-hybridized carbons (Fsp3) is 0.833. The second-order valence-corrected chi connectivity index (χ2v) is 3.61. The first-order valence-electron chi connectivity index (χ1n) is 5.79. The third-order valence-corrected chi connectivity index (χ3v) is 1.75. The quantitative estimate of drug-likeness (QED) is 0.408. The van der Waals surface area contributed by atoms with Crippen molar-refractivity contribution in [1.82, 2.24) is 0 Å². The summed E-state index contributed by atoms with van der Waals surface area (Å²) in [6, 6.07) is 0. The first kappa shape index (κ1) is 15.6. The van der Waals surface area contributed by atoms with Crippen LogP contribution >= 0.6 is 0 Å². The topological polar surface area (TPSA) is 47.9 Å². The van der Waals surface area contributed by atoms with E-state index in [0.717, 1.165) is 12.8 Å². The minimum absolute atomic E-state index is 0.386. The number of aliphatic hydroxyl groups excluding tert-OH is 1. The van der Waals surface area contributed by atoms with E-state index in [2.05, 4.69) is 6.58 Å². The van der Waals surface area contributed by atoms with Crippen molar-refractivity contribution in [3.8, 4) is 0 Å². The van der Waals surface area contributed by atoms with E-state index in [4.69, 9.17) is 19.3 Å². The van der Waals surface area contributed by atoms with Gasteiger partial charge in [-0.05, 0) is 19.8 Å². The Morgan fingerprint density at radius 3 is 2.19 bits per heavy atom. The minimum atomic E-state index is -0.386. The molecular weight excluding hydrogens is 208 g/mol. The highest BCUT2D eigenvalue weighted by Gasteiger charge is 1.95. The van der Waals surface area contributed by atoms with Crippen LogP contribution in [0.15, 0.2) is 12.7 Å². The van der Waals surface area contributed by atoms with Gasteiger partial charge in [0.15, 0.2) is 0 Å². The Kier molecular flexibility index (Phi) is 12.3. The lowest BCUT2D eigenvalue weighted by Crippen LogP contribution is -2.12. The number of hydrogen-bond donors (Lipinski definition) is 1. The van der Waals surface area contributed by atoms with Gasteiger partial charge in [-0.3, -0.25) is 0 Å². The minimum Gasteiger partial charge on any atom is -0.391 e. The molecule has 0 aliphatic heterocycles. The van der Waals surface area contributed by atoms with Gasteiger partial charge in [0.25, 0.3) is 0 Å². The average molecular weight is 232 g/mol. The molecule has 4 heteroatoms. The largest absolute Gasteiger partial charge is 0.391 e. The molecule has 0 aromatic carbocycles. The molecule has 4 nitrogen and oxygen atoms in total. The first-order chi connectivity index (χ1) is 7.77. The normalized spacial score (nSPS) is 12.6. The van der Waals surface area contributed by atoms with Crippen molar-refractivity contribution in [2.75, 3.05) is 39.6 Å². The van der Waals surface area contributed by atoms with Gasteiger partial charge >= 0.3 is 0 Å². The lowest BCUT2D eigenvalue weighted by molar-refractivity contribution is 0.0297. The van der Waals surface area contributed by atoms with E-state index in [0.29, 0.717) is 39.6 Å². The Morgan fingerprint density at radius 2 is 1.62 bits per heavy atom. The smallest absolute Gasteiger partial charge is 0.0745 e. The molecule has 0 bridgehead atoms. The van der Waals surface area contributed by atoms with Gasteiger partial charge in [-0.1, -0.05) is 6.08 Å². The Morgan fingerprint density at radius 1 is 1.06 bits per heavy atom. The number of ether oxygens (including phenoxy) is 3. The molecule has 16 heavy (non-hydrogen) atoms. The molecule has 0 aromatic heterocycles. The molecule has 0 radical (unpaired) electrons. The molecule has 0 saturated heterocycles. The van der Waals surface area contributed by atoms with Gasteiger partial charge in [-0.15, -0.1) is 6.58 Å². The van der Waals surface area contributed by atoms with Crippen molar-refractivity contribution in [3.63, 3.8) is 0 Å². The predicted molar refractivity (Wildman–Crippen MR) is 63.6 cm³/mol. The molecule has 0 aliphatic carbocycles. The van der Waals surface area contributed by atoms with Crippen LogP contribution in [0.3, 0.4) is 0 Å². The molecule has 0 amide bonds. The van der Waals surface area contributed by atoms with Crippen LogP contribution in [0.2, 0.25) is 0 Å². The first-order valence-corrected chi connectivity index (χ1v) is 5.79. The van der Waals surface area contributed by atoms with E-state index in [9.17, 15) is 0 Å². The highest BCUT2D eigenvalue weighted by Crippen LogP contribution is 1.90. The van der Waals surface area contributed by atoms with E-state index in [1.165, 1.54) is 0 Å². The van der Waals surface area contributed by atoms with E-state index >= 15 is 0 Å². The van der Waals surface area contributed by atoms with E-state index in [1.807, 2.05) is 0 Å². The third kappa shape index (κ3) is 13.6. The SMILES string of the molecule is C=CCOCCCOCCCOCC(C)O. The maximum absolute atomic E-state index is 8.92. The van der Waals surface area contributed by atoms with Gasteiger partial charge in [-0.25, -0.2) is 0 Å². The molecule has 0 aromatic rings. The molecule has 0 aliphatic rings. The van der Waals surface area contributed by atoms with Crippen LogP contribution in [0, 0.1) is 0 Å². The number of hydrogen-bond acceptors (Lipinski definition) is 4. The zero-order valence-electron chi connectivity index (χ0n) is 10.2. The molecule has 0 heterocycles. The Labute approximate surface area is 98.2 Å². The fourth-order valence-electron chi connectivity index (χ4n) is 1.05. The van der Waals surface area contributed by atoms with Crippen LogP contribution in [0.1, 0.15) is 19.8 Å². The van der Waals surface area contributed by atoms with Crippen LogP contribution in [-0.2, 0) is 14.2 Å². The van der Waals surface area contributed by atoms with Crippen LogP contribution in [0.5, 0.6) is 0 Å². The molecule has 0 saturated carbocycles. The van der Waals surface area contributed by atoms with E-state index in [1.54, 1.807) is 13.0 Å². The summed E-state index contributed by atoms with van der Waals surface area (Å²) in [5, 5.41) is 8.92. The summed E-state index contributed by atoms with van der Waals surface area (Å²) in [6.07, 6.45) is 3.12. The molecule has 1 atom stereocenters. The number of aliphatic hydroxyl groups is 1. The zero-order chi connectivity index (χ0) is 12.1. The summed E-state index contributed by atoms with van der Waals surface area (Å²) in [7, 11) is 0. The van der Waals surface area contributed by atoms with Gasteiger partial charge in [-0.2, -0.15) is 0 Å². The van der Waals surface area contributed by atoms with Crippen molar-refractivity contribution in [1.29, 1.82) is 0 Å². The Hall–Kier alpha value is -0.420. The molecular formula is C12H24O4. The molecule has 0 spiro atoms. The second-order valence-electron chi connectivity index (χ2n) is 3.61. The Balaban J connectivity index is 2.90. The summed E-state index contributed by atoms with van der Waals surface area (Å²) < 4.78 is 15.8.